The standard InChI is InChI=1S/C12H12N2O4/c1-17-10-4-2-9(3-5-10)14-7-11(6-13-14)18-8-12(15)16/h2-7H,8H2,1H3,(H,15,16). The number of carboxylic acids is 1. The molecule has 0 aliphatic rings. The molecule has 1 N–H and O–H groups in total. The average molecular weight is 248 g/mol. The summed E-state index contributed by atoms with van der Waals surface area (Å²) in [5.41, 5.74) is 0.834. The van der Waals surface area contributed by atoms with Gasteiger partial charge in [-0.05, 0) is 24.3 Å². The van der Waals surface area contributed by atoms with E-state index in [2.05, 4.69) is 5.10 Å². The molecule has 6 nitrogen and oxygen atoms in total. The van der Waals surface area contributed by atoms with Crippen LogP contribution in [-0.4, -0.2) is 34.6 Å². The highest BCUT2D eigenvalue weighted by molar-refractivity contribution is 5.68. The highest BCUT2D eigenvalue weighted by Gasteiger charge is 2.04. The molecule has 0 spiro atoms. The third kappa shape index (κ3) is 2.79. The predicted molar refractivity (Wildman–Crippen MR) is 63.2 cm³/mol. The van der Waals surface area contributed by atoms with Gasteiger partial charge in [0.25, 0.3) is 0 Å². The Morgan fingerprint density at radius 2 is 2.06 bits per heavy atom. The minimum Gasteiger partial charge on any atom is -0.497 e. The summed E-state index contributed by atoms with van der Waals surface area (Å²) in [4.78, 5) is 10.4. The molecule has 0 radical (unpaired) electrons. The van der Waals surface area contributed by atoms with Crippen molar-refractivity contribution in [3.63, 3.8) is 0 Å². The quantitative estimate of drug-likeness (QED) is 0.864. The van der Waals surface area contributed by atoms with Crippen LogP contribution in [0.15, 0.2) is 36.7 Å². The van der Waals surface area contributed by atoms with Gasteiger partial charge in [-0.25, -0.2) is 9.48 Å². The normalized spacial score (nSPS) is 10.1. The average Bonchev–Trinajstić information content (AvgIpc) is 2.85. The molecule has 0 saturated carbocycles. The first kappa shape index (κ1) is 12.0. The molecule has 1 aromatic heterocycles. The minimum atomic E-state index is -1.02. The second-order valence-corrected chi connectivity index (χ2v) is 3.50. The molecule has 0 aliphatic carbocycles. The van der Waals surface area contributed by atoms with Gasteiger partial charge in [0.1, 0.15) is 5.75 Å². The van der Waals surface area contributed by atoms with E-state index in [0.717, 1.165) is 11.4 Å². The van der Waals surface area contributed by atoms with Crippen molar-refractivity contribution in [3.05, 3.63) is 36.7 Å². The number of nitrogens with zero attached hydrogens (tertiary/aromatic N) is 2. The number of hydrogen-bond donors (Lipinski definition) is 1. The zero-order chi connectivity index (χ0) is 13.0. The van der Waals surface area contributed by atoms with Gasteiger partial charge in [0.05, 0.1) is 25.2 Å². The zero-order valence-corrected chi connectivity index (χ0v) is 9.74. The Morgan fingerprint density at radius 1 is 1.33 bits per heavy atom. The molecule has 2 aromatic rings. The summed E-state index contributed by atoms with van der Waals surface area (Å²) in [6.45, 7) is -0.381. The van der Waals surface area contributed by atoms with E-state index in [-0.39, 0.29) is 6.61 Å². The maximum Gasteiger partial charge on any atom is 0.341 e. The number of aliphatic carboxylic acids is 1. The van der Waals surface area contributed by atoms with E-state index in [0.29, 0.717) is 5.75 Å². The molecular formula is C12H12N2O4. The molecule has 0 amide bonds. The third-order valence-electron chi connectivity index (χ3n) is 2.26. The van der Waals surface area contributed by atoms with Gasteiger partial charge < -0.3 is 14.6 Å². The van der Waals surface area contributed by atoms with E-state index < -0.39 is 5.97 Å². The van der Waals surface area contributed by atoms with Crippen LogP contribution >= 0.6 is 0 Å². The summed E-state index contributed by atoms with van der Waals surface area (Å²) < 4.78 is 11.7. The van der Waals surface area contributed by atoms with Crippen molar-refractivity contribution >= 4 is 5.97 Å². The van der Waals surface area contributed by atoms with Crippen LogP contribution in [0, 0.1) is 0 Å². The first-order valence-corrected chi connectivity index (χ1v) is 5.23. The molecule has 6 heteroatoms. The van der Waals surface area contributed by atoms with Crippen molar-refractivity contribution in [1.82, 2.24) is 9.78 Å². The number of aromatic nitrogens is 2. The van der Waals surface area contributed by atoms with E-state index in [4.69, 9.17) is 14.6 Å². The van der Waals surface area contributed by atoms with Gasteiger partial charge >= 0.3 is 5.97 Å². The maximum atomic E-state index is 10.4. The Hall–Kier alpha value is -2.50. The highest BCUT2D eigenvalue weighted by atomic mass is 16.5. The molecular weight excluding hydrogens is 236 g/mol. The van der Waals surface area contributed by atoms with E-state index >= 15 is 0 Å². The van der Waals surface area contributed by atoms with E-state index in [1.165, 1.54) is 6.20 Å². The fraction of sp³-hybridized carbons (Fsp3) is 0.167. The highest BCUT2D eigenvalue weighted by Crippen LogP contribution is 2.17. The Balaban J connectivity index is 2.10. The Labute approximate surface area is 103 Å². The van der Waals surface area contributed by atoms with E-state index in [1.807, 2.05) is 24.3 Å². The number of rotatable bonds is 5. The van der Waals surface area contributed by atoms with Crippen LogP contribution in [0.4, 0.5) is 0 Å². The zero-order valence-electron chi connectivity index (χ0n) is 9.74. The van der Waals surface area contributed by atoms with Crippen molar-refractivity contribution in [3.8, 4) is 17.2 Å². The SMILES string of the molecule is COc1ccc(-n2cc(OCC(=O)O)cn2)cc1. The van der Waals surface area contributed by atoms with Gasteiger partial charge in [0, 0.05) is 0 Å². The second kappa shape index (κ2) is 5.22. The molecule has 0 bridgehead atoms. The summed E-state index contributed by atoms with van der Waals surface area (Å²) in [5, 5.41) is 12.6. The van der Waals surface area contributed by atoms with Crippen LogP contribution < -0.4 is 9.47 Å². The van der Waals surface area contributed by atoms with Gasteiger partial charge in [-0.2, -0.15) is 5.10 Å². The molecule has 2 rings (SSSR count). The first-order chi connectivity index (χ1) is 8.69. The van der Waals surface area contributed by atoms with E-state index in [9.17, 15) is 4.79 Å². The number of ether oxygens (including phenoxy) is 2. The largest absolute Gasteiger partial charge is 0.497 e. The summed E-state index contributed by atoms with van der Waals surface area (Å²) in [6, 6.07) is 7.31. The lowest BCUT2D eigenvalue weighted by Crippen LogP contribution is -2.08. The molecule has 0 aliphatic heterocycles. The summed E-state index contributed by atoms with van der Waals surface area (Å²) in [5.74, 6) is 0.147. The fourth-order valence-electron chi connectivity index (χ4n) is 1.40. The number of carbonyl (C=O) groups is 1. The monoisotopic (exact) mass is 248 g/mol. The third-order valence-corrected chi connectivity index (χ3v) is 2.26. The maximum absolute atomic E-state index is 10.4. The van der Waals surface area contributed by atoms with Gasteiger partial charge in [-0.1, -0.05) is 0 Å². The van der Waals surface area contributed by atoms with Gasteiger partial charge in [-0.15, -0.1) is 0 Å². The summed E-state index contributed by atoms with van der Waals surface area (Å²) in [6.07, 6.45) is 3.08. The van der Waals surface area contributed by atoms with Crippen molar-refractivity contribution in [2.75, 3.05) is 13.7 Å². The molecule has 0 fully saturated rings. The molecule has 1 heterocycles. The Morgan fingerprint density at radius 3 is 2.67 bits per heavy atom. The topological polar surface area (TPSA) is 73.6 Å². The summed E-state index contributed by atoms with van der Waals surface area (Å²) >= 11 is 0. The van der Waals surface area contributed by atoms with Crippen molar-refractivity contribution < 1.29 is 19.4 Å². The minimum absolute atomic E-state index is 0.381. The van der Waals surface area contributed by atoms with Crippen molar-refractivity contribution in [1.29, 1.82) is 0 Å². The molecule has 1 aromatic carbocycles. The lowest BCUT2D eigenvalue weighted by Gasteiger charge is -2.03. The van der Waals surface area contributed by atoms with Crippen LogP contribution in [-0.2, 0) is 4.79 Å². The van der Waals surface area contributed by atoms with Gasteiger partial charge in [-0.3, -0.25) is 0 Å². The number of carboxylic acid groups (broad SMARTS) is 1. The number of hydrogen-bond acceptors (Lipinski definition) is 4. The Kier molecular flexibility index (Phi) is 3.47. The van der Waals surface area contributed by atoms with Crippen molar-refractivity contribution in [2.24, 2.45) is 0 Å². The molecule has 0 atom stereocenters. The predicted octanol–water partition coefficient (Wildman–Crippen LogP) is 1.34. The lowest BCUT2D eigenvalue weighted by atomic mass is 10.3. The van der Waals surface area contributed by atoms with Crippen LogP contribution in [0.1, 0.15) is 0 Å². The first-order valence-electron chi connectivity index (χ1n) is 5.23. The smallest absolute Gasteiger partial charge is 0.341 e. The van der Waals surface area contributed by atoms with Gasteiger partial charge in [0.2, 0.25) is 0 Å². The summed E-state index contributed by atoms with van der Waals surface area (Å²) in [7, 11) is 1.60. The number of benzene rings is 1. The lowest BCUT2D eigenvalue weighted by molar-refractivity contribution is -0.139. The molecule has 18 heavy (non-hydrogen) atoms. The van der Waals surface area contributed by atoms with E-state index in [1.54, 1.807) is 18.0 Å². The van der Waals surface area contributed by atoms with Crippen LogP contribution in [0.5, 0.6) is 11.5 Å². The molecule has 0 unspecified atom stereocenters. The number of methoxy groups -OCH3 is 1. The van der Waals surface area contributed by atoms with Crippen molar-refractivity contribution in [2.45, 2.75) is 0 Å². The van der Waals surface area contributed by atoms with Crippen LogP contribution in [0.2, 0.25) is 0 Å². The second-order valence-electron chi connectivity index (χ2n) is 3.50. The molecule has 94 valence electrons. The van der Waals surface area contributed by atoms with Crippen LogP contribution in [0.3, 0.4) is 0 Å². The Bertz CT molecular complexity index is 533. The fourth-order valence-corrected chi connectivity index (χ4v) is 1.40. The van der Waals surface area contributed by atoms with Gasteiger partial charge in [0.15, 0.2) is 12.4 Å². The van der Waals surface area contributed by atoms with Crippen LogP contribution in [0.25, 0.3) is 5.69 Å². The molecule has 0 saturated heterocycles.